The summed E-state index contributed by atoms with van der Waals surface area (Å²) in [4.78, 5) is 16.0. The average molecular weight is 224 g/mol. The first kappa shape index (κ1) is 12.7. The van der Waals surface area contributed by atoms with Crippen molar-refractivity contribution in [2.24, 2.45) is 0 Å². The van der Waals surface area contributed by atoms with Crippen molar-refractivity contribution in [3.63, 3.8) is 0 Å². The fourth-order valence-corrected chi connectivity index (χ4v) is 1.46. The lowest BCUT2D eigenvalue weighted by atomic mass is 10.3. The van der Waals surface area contributed by atoms with Crippen molar-refractivity contribution in [3.8, 4) is 0 Å². The second-order valence-electron chi connectivity index (χ2n) is 4.08. The predicted molar refractivity (Wildman–Crippen MR) is 63.3 cm³/mol. The van der Waals surface area contributed by atoms with Gasteiger partial charge in [0, 0.05) is 25.8 Å². The van der Waals surface area contributed by atoms with Crippen LogP contribution in [0.4, 0.5) is 0 Å². The summed E-state index contributed by atoms with van der Waals surface area (Å²) in [6.07, 6.45) is 4.18. The second kappa shape index (κ2) is 6.27. The number of hydrogen-bond acceptors (Lipinski definition) is 3. The van der Waals surface area contributed by atoms with E-state index in [-0.39, 0.29) is 5.91 Å². The van der Waals surface area contributed by atoms with E-state index in [2.05, 4.69) is 22.0 Å². The highest BCUT2D eigenvalue weighted by Crippen LogP contribution is 2.03. The molecule has 0 saturated carbocycles. The summed E-state index contributed by atoms with van der Waals surface area (Å²) >= 11 is 0. The Morgan fingerprint density at radius 2 is 2.12 bits per heavy atom. The summed E-state index contributed by atoms with van der Waals surface area (Å²) in [7, 11) is 4.01. The van der Waals surface area contributed by atoms with Crippen LogP contribution in [0.2, 0.25) is 0 Å². The summed E-state index contributed by atoms with van der Waals surface area (Å²) in [6.45, 7) is 4.50. The van der Waals surface area contributed by atoms with Crippen LogP contribution in [0.15, 0.2) is 12.4 Å². The van der Waals surface area contributed by atoms with Crippen molar-refractivity contribution >= 4 is 5.91 Å². The maximum Gasteiger partial charge on any atom is 0.257 e. The number of H-pyrrole nitrogens is 1. The zero-order valence-corrected chi connectivity index (χ0v) is 10.2. The molecule has 0 bridgehead atoms. The molecule has 0 radical (unpaired) electrons. The van der Waals surface area contributed by atoms with Crippen LogP contribution in [0.1, 0.15) is 23.7 Å². The van der Waals surface area contributed by atoms with Gasteiger partial charge in [-0.25, -0.2) is 0 Å². The number of rotatable bonds is 6. The third kappa shape index (κ3) is 3.66. The van der Waals surface area contributed by atoms with E-state index in [0.717, 1.165) is 26.1 Å². The van der Waals surface area contributed by atoms with Crippen molar-refractivity contribution in [2.75, 3.05) is 33.7 Å². The van der Waals surface area contributed by atoms with Crippen LogP contribution in [-0.4, -0.2) is 59.6 Å². The topological polar surface area (TPSA) is 52.2 Å². The fraction of sp³-hybridized carbons (Fsp3) is 0.636. The van der Waals surface area contributed by atoms with Gasteiger partial charge >= 0.3 is 0 Å². The molecule has 1 aromatic heterocycles. The quantitative estimate of drug-likeness (QED) is 0.778. The van der Waals surface area contributed by atoms with Crippen LogP contribution in [0.5, 0.6) is 0 Å². The van der Waals surface area contributed by atoms with Gasteiger partial charge in [0.25, 0.3) is 5.91 Å². The lowest BCUT2D eigenvalue weighted by molar-refractivity contribution is 0.0745. The van der Waals surface area contributed by atoms with Crippen molar-refractivity contribution in [2.45, 2.75) is 13.3 Å². The normalized spacial score (nSPS) is 10.8. The maximum atomic E-state index is 12.1. The lowest BCUT2D eigenvalue weighted by Crippen LogP contribution is -2.37. The average Bonchev–Trinajstić information content (AvgIpc) is 2.76. The van der Waals surface area contributed by atoms with Crippen molar-refractivity contribution in [1.29, 1.82) is 0 Å². The number of amides is 1. The number of aromatic amines is 1. The number of nitrogens with one attached hydrogen (secondary N) is 1. The summed E-state index contributed by atoms with van der Waals surface area (Å²) in [5, 5.41) is 6.46. The lowest BCUT2D eigenvalue weighted by Gasteiger charge is -2.23. The summed E-state index contributed by atoms with van der Waals surface area (Å²) in [5.74, 6) is 0.0532. The molecule has 0 aliphatic heterocycles. The van der Waals surface area contributed by atoms with Gasteiger partial charge in [0.05, 0.1) is 11.8 Å². The molecule has 5 heteroatoms. The molecule has 0 aliphatic carbocycles. The van der Waals surface area contributed by atoms with Crippen LogP contribution in [0, 0.1) is 0 Å². The van der Waals surface area contributed by atoms with E-state index in [9.17, 15) is 4.79 Å². The van der Waals surface area contributed by atoms with E-state index >= 15 is 0 Å². The van der Waals surface area contributed by atoms with Crippen LogP contribution >= 0.6 is 0 Å². The zero-order chi connectivity index (χ0) is 12.0. The Bertz CT molecular complexity index is 308. The van der Waals surface area contributed by atoms with Crippen molar-refractivity contribution < 1.29 is 4.79 Å². The molecule has 1 amide bonds. The number of carbonyl (C=O) groups excluding carboxylic acids is 1. The molecule has 0 saturated heterocycles. The molecule has 1 N–H and O–H groups in total. The monoisotopic (exact) mass is 224 g/mol. The van der Waals surface area contributed by atoms with Gasteiger partial charge in [-0.3, -0.25) is 9.89 Å². The number of aromatic nitrogens is 2. The Labute approximate surface area is 96.4 Å². The minimum atomic E-state index is 0.0532. The predicted octanol–water partition coefficient (Wildman–Crippen LogP) is 0.823. The van der Waals surface area contributed by atoms with Crippen LogP contribution in [-0.2, 0) is 0 Å². The van der Waals surface area contributed by atoms with E-state index < -0.39 is 0 Å². The largest absolute Gasteiger partial charge is 0.337 e. The summed E-state index contributed by atoms with van der Waals surface area (Å²) < 4.78 is 0. The highest BCUT2D eigenvalue weighted by atomic mass is 16.2. The molecular formula is C11H20N4O. The standard InChI is InChI=1S/C11H20N4O/c1-4-5-15(7-6-14(2)3)11(16)10-8-12-13-9-10/h8-9H,4-7H2,1-3H3,(H,12,13). The maximum absolute atomic E-state index is 12.1. The minimum absolute atomic E-state index is 0.0532. The number of likely N-dealkylation sites (N-methyl/N-ethyl adjacent to an activating group) is 1. The van der Waals surface area contributed by atoms with E-state index in [0.29, 0.717) is 5.56 Å². The van der Waals surface area contributed by atoms with Gasteiger partial charge in [-0.1, -0.05) is 6.92 Å². The second-order valence-corrected chi connectivity index (χ2v) is 4.08. The van der Waals surface area contributed by atoms with Crippen LogP contribution < -0.4 is 0 Å². The molecule has 1 aromatic rings. The SMILES string of the molecule is CCCN(CCN(C)C)C(=O)c1cn[nH]c1. The van der Waals surface area contributed by atoms with Crippen molar-refractivity contribution in [3.05, 3.63) is 18.0 Å². The molecule has 0 aliphatic rings. The number of hydrogen-bond donors (Lipinski definition) is 1. The van der Waals surface area contributed by atoms with Gasteiger partial charge in [0.2, 0.25) is 0 Å². The molecule has 0 fully saturated rings. The van der Waals surface area contributed by atoms with E-state index in [4.69, 9.17) is 0 Å². The molecular weight excluding hydrogens is 204 g/mol. The zero-order valence-electron chi connectivity index (χ0n) is 10.2. The molecule has 0 aromatic carbocycles. The molecule has 5 nitrogen and oxygen atoms in total. The van der Waals surface area contributed by atoms with Gasteiger partial charge in [0.1, 0.15) is 0 Å². The smallest absolute Gasteiger partial charge is 0.257 e. The fourth-order valence-electron chi connectivity index (χ4n) is 1.46. The molecule has 16 heavy (non-hydrogen) atoms. The van der Waals surface area contributed by atoms with E-state index in [1.54, 1.807) is 12.4 Å². The molecule has 90 valence electrons. The first-order chi connectivity index (χ1) is 7.65. The highest BCUT2D eigenvalue weighted by molar-refractivity contribution is 5.93. The molecule has 0 unspecified atom stereocenters. The van der Waals surface area contributed by atoms with Gasteiger partial charge in [-0.2, -0.15) is 5.10 Å². The number of carbonyl (C=O) groups is 1. The van der Waals surface area contributed by atoms with Crippen LogP contribution in [0.25, 0.3) is 0 Å². The van der Waals surface area contributed by atoms with E-state index in [1.165, 1.54) is 0 Å². The Hall–Kier alpha value is -1.36. The Morgan fingerprint density at radius 3 is 2.62 bits per heavy atom. The Morgan fingerprint density at radius 1 is 1.38 bits per heavy atom. The molecule has 1 rings (SSSR count). The molecule has 0 spiro atoms. The van der Waals surface area contributed by atoms with Gasteiger partial charge in [-0.15, -0.1) is 0 Å². The first-order valence-corrected chi connectivity index (χ1v) is 5.58. The highest BCUT2D eigenvalue weighted by Gasteiger charge is 2.15. The summed E-state index contributed by atoms with van der Waals surface area (Å²) in [6, 6.07) is 0. The molecule has 0 atom stereocenters. The minimum Gasteiger partial charge on any atom is -0.337 e. The summed E-state index contributed by atoms with van der Waals surface area (Å²) in [5.41, 5.74) is 0.632. The van der Waals surface area contributed by atoms with Gasteiger partial charge in [0.15, 0.2) is 0 Å². The third-order valence-electron chi connectivity index (χ3n) is 2.34. The number of nitrogens with zero attached hydrogens (tertiary/aromatic N) is 3. The van der Waals surface area contributed by atoms with Gasteiger partial charge < -0.3 is 9.80 Å². The van der Waals surface area contributed by atoms with Gasteiger partial charge in [-0.05, 0) is 20.5 Å². The Kier molecular flexibility index (Phi) is 4.98. The Balaban J connectivity index is 2.58. The van der Waals surface area contributed by atoms with E-state index in [1.807, 2.05) is 19.0 Å². The third-order valence-corrected chi connectivity index (χ3v) is 2.34. The first-order valence-electron chi connectivity index (χ1n) is 5.58. The van der Waals surface area contributed by atoms with Crippen molar-refractivity contribution in [1.82, 2.24) is 20.0 Å². The molecule has 1 heterocycles. The van der Waals surface area contributed by atoms with Crippen LogP contribution in [0.3, 0.4) is 0 Å².